The van der Waals surface area contributed by atoms with Crippen LogP contribution in [-0.4, -0.2) is 11.2 Å². The summed E-state index contributed by atoms with van der Waals surface area (Å²) in [5, 5.41) is 10.1. The number of rotatable bonds is 5. The predicted molar refractivity (Wildman–Crippen MR) is 72.9 cm³/mol. The van der Waals surface area contributed by atoms with Gasteiger partial charge in [0.2, 0.25) is 0 Å². The first-order valence-corrected chi connectivity index (χ1v) is 7.67. The normalized spacial score (nSPS) is 33.8. The van der Waals surface area contributed by atoms with Gasteiger partial charge in [0.15, 0.2) is 0 Å². The molecule has 0 amide bonds. The molecule has 98 valence electrons. The maximum Gasteiger partial charge on any atom is 0.0571 e. The van der Waals surface area contributed by atoms with Gasteiger partial charge in [-0.3, -0.25) is 0 Å². The fourth-order valence-electron chi connectivity index (χ4n) is 3.68. The van der Waals surface area contributed by atoms with E-state index in [1.165, 1.54) is 57.8 Å². The Hall–Kier alpha value is -0.300. The highest BCUT2D eigenvalue weighted by atomic mass is 16.3. The van der Waals surface area contributed by atoms with Gasteiger partial charge < -0.3 is 5.11 Å². The van der Waals surface area contributed by atoms with Crippen molar-refractivity contribution in [2.75, 3.05) is 0 Å². The molecule has 2 rings (SSSR count). The lowest BCUT2D eigenvalue weighted by Gasteiger charge is -2.24. The van der Waals surface area contributed by atoms with E-state index in [-0.39, 0.29) is 6.10 Å². The summed E-state index contributed by atoms with van der Waals surface area (Å²) < 4.78 is 0. The van der Waals surface area contributed by atoms with Gasteiger partial charge in [-0.15, -0.1) is 0 Å². The highest BCUT2D eigenvalue weighted by Crippen LogP contribution is 2.40. The highest BCUT2D eigenvalue weighted by molar-refractivity contribution is 5.07. The Balaban J connectivity index is 1.87. The van der Waals surface area contributed by atoms with E-state index in [0.29, 0.717) is 5.92 Å². The highest BCUT2D eigenvalue weighted by Gasteiger charge is 2.34. The van der Waals surface area contributed by atoms with E-state index < -0.39 is 0 Å². The quantitative estimate of drug-likeness (QED) is 0.699. The molecular weight excluding hydrogens is 208 g/mol. The van der Waals surface area contributed by atoms with Crippen LogP contribution in [0.1, 0.15) is 71.1 Å². The molecular formula is C16H28O. The fraction of sp³-hybridized carbons (Fsp3) is 0.875. The Morgan fingerprint density at radius 2 is 2.18 bits per heavy atom. The first-order valence-electron chi connectivity index (χ1n) is 7.67. The topological polar surface area (TPSA) is 20.2 Å². The van der Waals surface area contributed by atoms with Crippen LogP contribution in [0.2, 0.25) is 0 Å². The average Bonchev–Trinajstić information content (AvgIpc) is 2.69. The van der Waals surface area contributed by atoms with E-state index in [1.807, 2.05) is 0 Å². The van der Waals surface area contributed by atoms with Crippen LogP contribution in [0, 0.1) is 11.8 Å². The molecule has 0 aromatic heterocycles. The Morgan fingerprint density at radius 3 is 2.88 bits per heavy atom. The van der Waals surface area contributed by atoms with Gasteiger partial charge in [-0.1, -0.05) is 31.4 Å². The molecule has 1 N–H and O–H groups in total. The van der Waals surface area contributed by atoms with Crippen LogP contribution in [0.25, 0.3) is 0 Å². The van der Waals surface area contributed by atoms with E-state index in [4.69, 9.17) is 0 Å². The fourth-order valence-corrected chi connectivity index (χ4v) is 3.68. The van der Waals surface area contributed by atoms with Crippen LogP contribution in [0.15, 0.2) is 11.6 Å². The van der Waals surface area contributed by atoms with Crippen molar-refractivity contribution >= 4 is 0 Å². The maximum atomic E-state index is 10.1. The molecule has 0 aromatic rings. The van der Waals surface area contributed by atoms with Crippen molar-refractivity contribution in [2.24, 2.45) is 11.8 Å². The summed E-state index contributed by atoms with van der Waals surface area (Å²) in [5.74, 6) is 1.37. The first kappa shape index (κ1) is 13.1. The van der Waals surface area contributed by atoms with Crippen molar-refractivity contribution in [3.8, 4) is 0 Å². The lowest BCUT2D eigenvalue weighted by molar-refractivity contribution is 0.110. The Kier molecular flexibility index (Phi) is 5.09. The summed E-state index contributed by atoms with van der Waals surface area (Å²) in [5.41, 5.74) is 1.69. The summed E-state index contributed by atoms with van der Waals surface area (Å²) in [7, 11) is 0. The minimum absolute atomic E-state index is 0.00394. The van der Waals surface area contributed by atoms with Crippen molar-refractivity contribution in [1.82, 2.24) is 0 Å². The smallest absolute Gasteiger partial charge is 0.0571 e. The van der Waals surface area contributed by atoms with Crippen molar-refractivity contribution in [1.29, 1.82) is 0 Å². The van der Waals surface area contributed by atoms with Crippen LogP contribution < -0.4 is 0 Å². The Morgan fingerprint density at radius 1 is 1.29 bits per heavy atom. The molecule has 0 saturated heterocycles. The molecule has 1 fully saturated rings. The van der Waals surface area contributed by atoms with Gasteiger partial charge >= 0.3 is 0 Å². The summed E-state index contributed by atoms with van der Waals surface area (Å²) in [6, 6.07) is 0. The number of allylic oxidation sites excluding steroid dienone is 2. The van der Waals surface area contributed by atoms with E-state index >= 15 is 0 Å². The third kappa shape index (κ3) is 3.58. The van der Waals surface area contributed by atoms with Crippen LogP contribution >= 0.6 is 0 Å². The number of aliphatic hydroxyl groups is 1. The van der Waals surface area contributed by atoms with Crippen molar-refractivity contribution in [3.63, 3.8) is 0 Å². The standard InChI is InChI=1S/C16H28O/c1-2-3-9-15-14(10-11-16(15)17)12-13-7-5-4-6-8-13/h7,14-17H,2-6,8-12H2,1H3. The van der Waals surface area contributed by atoms with Gasteiger partial charge in [0, 0.05) is 0 Å². The van der Waals surface area contributed by atoms with E-state index in [0.717, 1.165) is 12.3 Å². The lowest BCUT2D eigenvalue weighted by atomic mass is 9.83. The van der Waals surface area contributed by atoms with E-state index in [1.54, 1.807) is 5.57 Å². The number of unbranched alkanes of at least 4 members (excludes halogenated alkanes) is 1. The van der Waals surface area contributed by atoms with Gasteiger partial charge in [0.05, 0.1) is 6.10 Å². The number of hydrogen-bond acceptors (Lipinski definition) is 1. The summed E-state index contributed by atoms with van der Waals surface area (Å²) in [4.78, 5) is 0. The van der Waals surface area contributed by atoms with Gasteiger partial charge in [0.1, 0.15) is 0 Å². The van der Waals surface area contributed by atoms with Crippen LogP contribution in [-0.2, 0) is 0 Å². The number of aliphatic hydroxyl groups excluding tert-OH is 1. The molecule has 17 heavy (non-hydrogen) atoms. The zero-order chi connectivity index (χ0) is 12.1. The average molecular weight is 236 g/mol. The molecule has 1 nitrogen and oxygen atoms in total. The molecule has 0 spiro atoms. The molecule has 0 aromatic carbocycles. The van der Waals surface area contributed by atoms with Crippen LogP contribution in [0.3, 0.4) is 0 Å². The molecule has 0 aliphatic heterocycles. The Labute approximate surface area is 106 Å². The minimum Gasteiger partial charge on any atom is -0.393 e. The van der Waals surface area contributed by atoms with Crippen molar-refractivity contribution < 1.29 is 5.11 Å². The van der Waals surface area contributed by atoms with Crippen molar-refractivity contribution in [2.45, 2.75) is 77.2 Å². The largest absolute Gasteiger partial charge is 0.393 e. The molecule has 0 radical (unpaired) electrons. The Bertz CT molecular complexity index is 256. The van der Waals surface area contributed by atoms with Gasteiger partial charge in [-0.25, -0.2) is 0 Å². The molecule has 2 aliphatic carbocycles. The predicted octanol–water partition coefficient (Wildman–Crippen LogP) is 4.45. The van der Waals surface area contributed by atoms with Crippen molar-refractivity contribution in [3.05, 3.63) is 11.6 Å². The van der Waals surface area contributed by atoms with Crippen LogP contribution in [0.5, 0.6) is 0 Å². The number of hydrogen-bond donors (Lipinski definition) is 1. The van der Waals surface area contributed by atoms with E-state index in [2.05, 4.69) is 13.0 Å². The lowest BCUT2D eigenvalue weighted by Crippen LogP contribution is -2.19. The second-order valence-electron chi connectivity index (χ2n) is 6.02. The second kappa shape index (κ2) is 6.58. The van der Waals surface area contributed by atoms with Gasteiger partial charge in [-0.2, -0.15) is 0 Å². The third-order valence-electron chi connectivity index (χ3n) is 4.73. The molecule has 0 heterocycles. The van der Waals surface area contributed by atoms with Crippen LogP contribution in [0.4, 0.5) is 0 Å². The monoisotopic (exact) mass is 236 g/mol. The van der Waals surface area contributed by atoms with Gasteiger partial charge in [-0.05, 0) is 63.2 Å². The van der Waals surface area contributed by atoms with E-state index in [9.17, 15) is 5.11 Å². The second-order valence-corrected chi connectivity index (χ2v) is 6.02. The third-order valence-corrected chi connectivity index (χ3v) is 4.73. The first-order chi connectivity index (χ1) is 8.31. The maximum absolute atomic E-state index is 10.1. The minimum atomic E-state index is -0.00394. The van der Waals surface area contributed by atoms with Gasteiger partial charge in [0.25, 0.3) is 0 Å². The summed E-state index contributed by atoms with van der Waals surface area (Å²) in [6.45, 7) is 2.25. The molecule has 0 bridgehead atoms. The zero-order valence-corrected chi connectivity index (χ0v) is 11.3. The zero-order valence-electron chi connectivity index (χ0n) is 11.3. The molecule has 2 aliphatic rings. The summed E-state index contributed by atoms with van der Waals surface area (Å²) >= 11 is 0. The molecule has 1 saturated carbocycles. The molecule has 3 atom stereocenters. The molecule has 3 unspecified atom stereocenters. The summed E-state index contributed by atoms with van der Waals surface area (Å²) in [6.07, 6.45) is 15.3. The molecule has 1 heteroatoms. The SMILES string of the molecule is CCCCC1C(O)CCC1CC1=CCCCC1.